The van der Waals surface area contributed by atoms with Crippen LogP contribution in [-0.2, 0) is 11.2 Å². The fourth-order valence-electron chi connectivity index (χ4n) is 3.45. The van der Waals surface area contributed by atoms with E-state index in [1.54, 1.807) is 6.07 Å². The number of fused-ring (bicyclic) bond motifs is 1. The number of carbonyl (C=O) groups excluding carboxylic acids is 1. The number of carbonyl (C=O) groups is 1. The quantitative estimate of drug-likeness (QED) is 0.736. The van der Waals surface area contributed by atoms with Gasteiger partial charge in [-0.25, -0.2) is 0 Å². The topological polar surface area (TPSA) is 73.6 Å². The first-order valence-corrected chi connectivity index (χ1v) is 9.23. The van der Waals surface area contributed by atoms with Crippen molar-refractivity contribution in [1.82, 2.24) is 5.16 Å². The molecule has 0 saturated heterocycles. The van der Waals surface area contributed by atoms with E-state index in [2.05, 4.69) is 22.6 Å². The van der Waals surface area contributed by atoms with Crippen molar-refractivity contribution in [1.29, 1.82) is 0 Å². The summed E-state index contributed by atoms with van der Waals surface area (Å²) in [5.41, 5.74) is 5.52. The Balaban J connectivity index is 1.47. The second-order valence-corrected chi connectivity index (χ2v) is 7.04. The smallest absolute Gasteiger partial charge is 0.230 e. The summed E-state index contributed by atoms with van der Waals surface area (Å²) < 4.78 is 16.6. The summed E-state index contributed by atoms with van der Waals surface area (Å²) in [6.45, 7) is 7.10. The Bertz CT molecular complexity index is 1020. The van der Waals surface area contributed by atoms with Crippen LogP contribution in [0.3, 0.4) is 0 Å². The number of hydrogen-bond donors (Lipinski definition) is 1. The molecule has 2 heterocycles. The van der Waals surface area contributed by atoms with Crippen molar-refractivity contribution in [2.45, 2.75) is 27.2 Å². The van der Waals surface area contributed by atoms with Gasteiger partial charge in [-0.15, -0.1) is 0 Å². The fourth-order valence-corrected chi connectivity index (χ4v) is 3.45. The molecule has 1 aliphatic rings. The van der Waals surface area contributed by atoms with E-state index in [4.69, 9.17) is 14.0 Å². The van der Waals surface area contributed by atoms with Gasteiger partial charge in [0.1, 0.15) is 13.2 Å². The van der Waals surface area contributed by atoms with E-state index in [1.165, 1.54) is 5.56 Å². The molecule has 28 heavy (non-hydrogen) atoms. The van der Waals surface area contributed by atoms with Gasteiger partial charge in [-0.1, -0.05) is 22.9 Å². The van der Waals surface area contributed by atoms with E-state index in [0.29, 0.717) is 30.4 Å². The minimum atomic E-state index is -0.128. The van der Waals surface area contributed by atoms with Gasteiger partial charge in [-0.2, -0.15) is 0 Å². The van der Waals surface area contributed by atoms with Crippen LogP contribution >= 0.6 is 0 Å². The molecular formula is C22H22N2O4. The van der Waals surface area contributed by atoms with Crippen LogP contribution in [0.2, 0.25) is 0 Å². The molecule has 2 aromatic carbocycles. The molecule has 0 aliphatic carbocycles. The SMILES string of the molecule is Cc1cc(C)c(NC(=O)Cc2cc(-c3ccc4c(c3)OCCO4)on2)c(C)c1. The summed E-state index contributed by atoms with van der Waals surface area (Å²) >= 11 is 0. The van der Waals surface area contributed by atoms with E-state index in [9.17, 15) is 4.79 Å². The first-order valence-electron chi connectivity index (χ1n) is 9.23. The third-order valence-electron chi connectivity index (χ3n) is 4.67. The molecule has 0 fully saturated rings. The maximum Gasteiger partial charge on any atom is 0.230 e. The molecule has 4 rings (SSSR count). The maximum atomic E-state index is 12.5. The van der Waals surface area contributed by atoms with Crippen LogP contribution in [0.5, 0.6) is 11.5 Å². The average molecular weight is 378 g/mol. The summed E-state index contributed by atoms with van der Waals surface area (Å²) in [5, 5.41) is 7.02. The number of nitrogens with zero attached hydrogens (tertiary/aromatic N) is 1. The molecule has 1 aromatic heterocycles. The first kappa shape index (κ1) is 18.1. The van der Waals surface area contributed by atoms with E-state index in [0.717, 1.165) is 28.1 Å². The normalized spacial score (nSPS) is 12.7. The summed E-state index contributed by atoms with van der Waals surface area (Å²) in [5.74, 6) is 1.86. The molecule has 0 spiro atoms. The monoisotopic (exact) mass is 378 g/mol. The highest BCUT2D eigenvalue weighted by atomic mass is 16.6. The second-order valence-electron chi connectivity index (χ2n) is 7.04. The minimum Gasteiger partial charge on any atom is -0.486 e. The molecule has 0 bridgehead atoms. The molecule has 1 amide bonds. The Morgan fingerprint density at radius 1 is 1.00 bits per heavy atom. The van der Waals surface area contributed by atoms with Crippen molar-refractivity contribution in [3.63, 3.8) is 0 Å². The van der Waals surface area contributed by atoms with Gasteiger partial charge in [0.15, 0.2) is 17.3 Å². The summed E-state index contributed by atoms with van der Waals surface area (Å²) in [6, 6.07) is 11.5. The predicted molar refractivity (Wildman–Crippen MR) is 106 cm³/mol. The number of amides is 1. The minimum absolute atomic E-state index is 0.128. The first-order chi connectivity index (χ1) is 13.5. The number of hydrogen-bond acceptors (Lipinski definition) is 5. The number of rotatable bonds is 4. The van der Waals surface area contributed by atoms with Crippen molar-refractivity contribution in [3.8, 4) is 22.8 Å². The van der Waals surface area contributed by atoms with Crippen molar-refractivity contribution in [3.05, 3.63) is 58.8 Å². The number of benzene rings is 2. The van der Waals surface area contributed by atoms with Crippen LogP contribution in [-0.4, -0.2) is 24.3 Å². The number of ether oxygens (including phenoxy) is 2. The van der Waals surface area contributed by atoms with Crippen molar-refractivity contribution in [2.24, 2.45) is 0 Å². The van der Waals surface area contributed by atoms with Gasteiger partial charge in [0.2, 0.25) is 5.91 Å². The highest BCUT2D eigenvalue weighted by molar-refractivity contribution is 5.93. The van der Waals surface area contributed by atoms with Gasteiger partial charge < -0.3 is 19.3 Å². The molecule has 3 aromatic rings. The van der Waals surface area contributed by atoms with E-state index >= 15 is 0 Å². The fraction of sp³-hybridized carbons (Fsp3) is 0.273. The number of aromatic nitrogens is 1. The third-order valence-corrected chi connectivity index (χ3v) is 4.67. The second kappa shape index (κ2) is 7.38. The van der Waals surface area contributed by atoms with Crippen molar-refractivity contribution >= 4 is 11.6 Å². The highest BCUT2D eigenvalue weighted by Gasteiger charge is 2.16. The molecule has 0 unspecified atom stereocenters. The van der Waals surface area contributed by atoms with Crippen molar-refractivity contribution < 1.29 is 18.8 Å². The number of aryl methyl sites for hydroxylation is 3. The molecule has 1 aliphatic heterocycles. The Morgan fingerprint density at radius 2 is 1.71 bits per heavy atom. The van der Waals surface area contributed by atoms with Gasteiger partial charge >= 0.3 is 0 Å². The lowest BCUT2D eigenvalue weighted by atomic mass is 10.0. The standard InChI is InChI=1S/C22H22N2O4/c1-13-8-14(2)22(15(3)9-13)23-21(25)12-17-11-19(28-24-17)16-4-5-18-20(10-16)27-7-6-26-18/h4-5,8-11H,6-7,12H2,1-3H3,(H,23,25). The molecule has 144 valence electrons. The van der Waals surface area contributed by atoms with E-state index < -0.39 is 0 Å². The Labute approximate surface area is 163 Å². The average Bonchev–Trinajstić information content (AvgIpc) is 3.12. The molecule has 0 atom stereocenters. The van der Waals surface area contributed by atoms with Gasteiger partial charge in [-0.05, 0) is 50.1 Å². The summed E-state index contributed by atoms with van der Waals surface area (Å²) in [7, 11) is 0. The molecule has 1 N–H and O–H groups in total. The molecule has 0 radical (unpaired) electrons. The van der Waals surface area contributed by atoms with Crippen LogP contribution in [0.4, 0.5) is 5.69 Å². The van der Waals surface area contributed by atoms with Gasteiger partial charge in [0.05, 0.1) is 12.1 Å². The lowest BCUT2D eigenvalue weighted by molar-refractivity contribution is -0.115. The predicted octanol–water partition coefficient (Wildman–Crippen LogP) is 4.22. The molecule has 6 heteroatoms. The van der Waals surface area contributed by atoms with Crippen LogP contribution in [0, 0.1) is 20.8 Å². The highest BCUT2D eigenvalue weighted by Crippen LogP contribution is 2.34. The summed E-state index contributed by atoms with van der Waals surface area (Å²) in [4.78, 5) is 12.5. The zero-order valence-electron chi connectivity index (χ0n) is 16.2. The maximum absolute atomic E-state index is 12.5. The van der Waals surface area contributed by atoms with Crippen LogP contribution in [0.25, 0.3) is 11.3 Å². The zero-order chi connectivity index (χ0) is 19.7. The molecule has 0 saturated carbocycles. The molecular weight excluding hydrogens is 356 g/mol. The van der Waals surface area contributed by atoms with Crippen LogP contribution in [0.1, 0.15) is 22.4 Å². The summed E-state index contributed by atoms with van der Waals surface area (Å²) in [6.07, 6.45) is 0.140. The van der Waals surface area contributed by atoms with Gasteiger partial charge in [0, 0.05) is 17.3 Å². The Hall–Kier alpha value is -3.28. The number of nitrogens with one attached hydrogen (secondary N) is 1. The zero-order valence-corrected chi connectivity index (χ0v) is 16.2. The van der Waals surface area contributed by atoms with Crippen molar-refractivity contribution in [2.75, 3.05) is 18.5 Å². The van der Waals surface area contributed by atoms with Gasteiger partial charge in [-0.3, -0.25) is 4.79 Å². The lowest BCUT2D eigenvalue weighted by Crippen LogP contribution is -2.16. The van der Waals surface area contributed by atoms with E-state index in [-0.39, 0.29) is 12.3 Å². The van der Waals surface area contributed by atoms with Gasteiger partial charge in [0.25, 0.3) is 0 Å². The third kappa shape index (κ3) is 3.71. The van der Waals surface area contributed by atoms with Crippen LogP contribution < -0.4 is 14.8 Å². The van der Waals surface area contributed by atoms with E-state index in [1.807, 2.05) is 39.0 Å². The number of anilines is 1. The lowest BCUT2D eigenvalue weighted by Gasteiger charge is -2.18. The van der Waals surface area contributed by atoms with Crippen LogP contribution in [0.15, 0.2) is 40.9 Å². The largest absolute Gasteiger partial charge is 0.486 e. The molecule has 6 nitrogen and oxygen atoms in total. The Kier molecular flexibility index (Phi) is 4.77. The Morgan fingerprint density at radius 3 is 2.46 bits per heavy atom.